The predicted octanol–water partition coefficient (Wildman–Crippen LogP) is 3.11. The topological polar surface area (TPSA) is 88.3 Å². The fraction of sp³-hybridized carbons (Fsp3) is 0.400. The monoisotopic (exact) mass is 289 g/mol. The van der Waals surface area contributed by atoms with E-state index in [-0.39, 0.29) is 17.2 Å². The van der Waals surface area contributed by atoms with Crippen LogP contribution < -0.4 is 5.32 Å². The number of nitrogens with zero attached hydrogens (tertiary/aromatic N) is 2. The van der Waals surface area contributed by atoms with Crippen molar-refractivity contribution in [2.24, 2.45) is 0 Å². The first-order valence-corrected chi connectivity index (χ1v) is 7.10. The van der Waals surface area contributed by atoms with E-state index in [0.717, 1.165) is 43.3 Å². The number of anilines is 1. The largest absolute Gasteiger partial charge is 0.396 e. The summed E-state index contributed by atoms with van der Waals surface area (Å²) in [6, 6.07) is 4.92. The summed E-state index contributed by atoms with van der Waals surface area (Å²) in [5, 5.41) is 24.4. The number of nitro benzene ring substituents is 1. The lowest BCUT2D eigenvalue weighted by Gasteiger charge is -2.09. The molecule has 2 aromatic rings. The van der Waals surface area contributed by atoms with E-state index in [1.807, 2.05) is 0 Å². The first kappa shape index (κ1) is 15.2. The quantitative estimate of drug-likeness (QED) is 0.443. The summed E-state index contributed by atoms with van der Waals surface area (Å²) >= 11 is 0. The molecule has 0 unspecified atom stereocenters. The summed E-state index contributed by atoms with van der Waals surface area (Å²) < 4.78 is 0. The molecule has 6 nitrogen and oxygen atoms in total. The number of nitrogens with one attached hydrogen (secondary N) is 1. The fourth-order valence-corrected chi connectivity index (χ4v) is 2.30. The van der Waals surface area contributed by atoms with E-state index < -0.39 is 0 Å². The zero-order valence-corrected chi connectivity index (χ0v) is 11.8. The van der Waals surface area contributed by atoms with E-state index in [1.165, 1.54) is 6.07 Å². The number of pyridine rings is 1. The summed E-state index contributed by atoms with van der Waals surface area (Å²) in [6.45, 7) is 1.04. The zero-order valence-electron chi connectivity index (χ0n) is 11.8. The number of fused-ring (bicyclic) bond motifs is 1. The van der Waals surface area contributed by atoms with Gasteiger partial charge in [-0.2, -0.15) is 0 Å². The van der Waals surface area contributed by atoms with Gasteiger partial charge in [0.1, 0.15) is 0 Å². The number of aliphatic hydroxyl groups is 1. The Hall–Kier alpha value is -2.21. The third-order valence-electron chi connectivity index (χ3n) is 3.39. The maximum atomic E-state index is 11.0. The van der Waals surface area contributed by atoms with Crippen molar-refractivity contribution in [3.63, 3.8) is 0 Å². The Balaban J connectivity index is 2.07. The highest BCUT2D eigenvalue weighted by Crippen LogP contribution is 2.30. The van der Waals surface area contributed by atoms with E-state index in [0.29, 0.717) is 5.39 Å². The molecule has 0 atom stereocenters. The molecule has 1 aromatic carbocycles. The Bertz CT molecular complexity index is 616. The van der Waals surface area contributed by atoms with Crippen molar-refractivity contribution in [1.82, 2.24) is 4.98 Å². The number of unbranched alkanes of at least 4 members (excludes halogenated alkanes) is 3. The normalized spacial score (nSPS) is 10.7. The first-order valence-electron chi connectivity index (χ1n) is 7.10. The van der Waals surface area contributed by atoms with E-state index in [2.05, 4.69) is 10.3 Å². The Morgan fingerprint density at radius 3 is 2.71 bits per heavy atom. The van der Waals surface area contributed by atoms with Crippen LogP contribution >= 0.6 is 0 Å². The maximum absolute atomic E-state index is 11.0. The van der Waals surface area contributed by atoms with Crippen LogP contribution in [0.5, 0.6) is 0 Å². The molecule has 0 aliphatic carbocycles. The van der Waals surface area contributed by atoms with Gasteiger partial charge in [-0.25, -0.2) is 0 Å². The molecular weight excluding hydrogens is 270 g/mol. The Labute approximate surface area is 123 Å². The highest BCUT2D eigenvalue weighted by molar-refractivity contribution is 5.99. The van der Waals surface area contributed by atoms with Crippen LogP contribution in [0.15, 0.2) is 30.6 Å². The number of aromatic nitrogens is 1. The highest BCUT2D eigenvalue weighted by atomic mass is 16.6. The molecule has 0 aliphatic rings. The van der Waals surface area contributed by atoms with Crippen LogP contribution in [0.1, 0.15) is 25.7 Å². The molecule has 112 valence electrons. The van der Waals surface area contributed by atoms with Crippen LogP contribution in [0.3, 0.4) is 0 Å². The van der Waals surface area contributed by atoms with Crippen LogP contribution in [0, 0.1) is 10.1 Å². The first-order chi connectivity index (χ1) is 10.2. The van der Waals surface area contributed by atoms with Crippen molar-refractivity contribution in [2.75, 3.05) is 18.5 Å². The molecule has 2 rings (SSSR count). The lowest BCUT2D eigenvalue weighted by atomic mass is 10.1. The summed E-state index contributed by atoms with van der Waals surface area (Å²) in [4.78, 5) is 14.7. The number of aliphatic hydroxyl groups excluding tert-OH is 1. The molecule has 0 amide bonds. The van der Waals surface area contributed by atoms with Gasteiger partial charge in [0.05, 0.1) is 10.3 Å². The van der Waals surface area contributed by atoms with E-state index in [1.54, 1.807) is 24.5 Å². The number of benzene rings is 1. The number of hydrogen-bond donors (Lipinski definition) is 2. The van der Waals surface area contributed by atoms with Crippen molar-refractivity contribution in [3.05, 3.63) is 40.7 Å². The van der Waals surface area contributed by atoms with E-state index in [4.69, 9.17) is 5.11 Å². The van der Waals surface area contributed by atoms with Gasteiger partial charge in [-0.05, 0) is 25.0 Å². The lowest BCUT2D eigenvalue weighted by Crippen LogP contribution is -2.03. The van der Waals surface area contributed by atoms with Gasteiger partial charge in [-0.15, -0.1) is 0 Å². The minimum Gasteiger partial charge on any atom is -0.396 e. The summed E-state index contributed by atoms with van der Waals surface area (Å²) in [5.41, 5.74) is 0.965. The summed E-state index contributed by atoms with van der Waals surface area (Å²) in [7, 11) is 0. The van der Waals surface area contributed by atoms with Crippen LogP contribution in [0.4, 0.5) is 11.4 Å². The van der Waals surface area contributed by atoms with Gasteiger partial charge in [0.2, 0.25) is 0 Å². The van der Waals surface area contributed by atoms with Gasteiger partial charge in [-0.1, -0.05) is 12.8 Å². The molecule has 0 saturated carbocycles. The van der Waals surface area contributed by atoms with Gasteiger partial charge in [0.15, 0.2) is 0 Å². The van der Waals surface area contributed by atoms with Crippen molar-refractivity contribution >= 4 is 22.1 Å². The molecule has 1 aromatic heterocycles. The maximum Gasteiger partial charge on any atom is 0.277 e. The van der Waals surface area contributed by atoms with Gasteiger partial charge in [0, 0.05) is 42.7 Å². The average molecular weight is 289 g/mol. The Morgan fingerprint density at radius 2 is 1.95 bits per heavy atom. The van der Waals surface area contributed by atoms with Crippen molar-refractivity contribution in [2.45, 2.75) is 25.7 Å². The molecule has 1 heterocycles. The second-order valence-electron chi connectivity index (χ2n) is 4.88. The van der Waals surface area contributed by atoms with Crippen LogP contribution in [0.25, 0.3) is 10.8 Å². The van der Waals surface area contributed by atoms with Gasteiger partial charge in [0.25, 0.3) is 5.69 Å². The molecule has 0 aliphatic heterocycles. The fourth-order valence-electron chi connectivity index (χ4n) is 2.30. The Morgan fingerprint density at radius 1 is 1.14 bits per heavy atom. The molecular formula is C15H19N3O3. The standard InChI is InChI=1S/C15H19N3O3/c19-10-4-2-1-3-8-17-14-5-6-15(18(20)21)12-7-9-16-11-13(12)14/h5-7,9,11,17,19H,1-4,8,10H2. The smallest absolute Gasteiger partial charge is 0.277 e. The van der Waals surface area contributed by atoms with Gasteiger partial charge in [-0.3, -0.25) is 15.1 Å². The number of nitro groups is 1. The second-order valence-corrected chi connectivity index (χ2v) is 4.88. The minimum atomic E-state index is -0.374. The highest BCUT2D eigenvalue weighted by Gasteiger charge is 2.13. The average Bonchev–Trinajstić information content (AvgIpc) is 2.50. The van der Waals surface area contributed by atoms with Gasteiger partial charge >= 0.3 is 0 Å². The predicted molar refractivity (Wildman–Crippen MR) is 82.4 cm³/mol. The number of hydrogen-bond acceptors (Lipinski definition) is 5. The lowest BCUT2D eigenvalue weighted by molar-refractivity contribution is -0.383. The van der Waals surface area contributed by atoms with Crippen LogP contribution in [-0.2, 0) is 0 Å². The molecule has 6 heteroatoms. The van der Waals surface area contributed by atoms with Crippen molar-refractivity contribution in [1.29, 1.82) is 0 Å². The van der Waals surface area contributed by atoms with Crippen LogP contribution in [0.2, 0.25) is 0 Å². The summed E-state index contributed by atoms with van der Waals surface area (Å²) in [5.74, 6) is 0. The third-order valence-corrected chi connectivity index (χ3v) is 3.39. The third kappa shape index (κ3) is 3.88. The van der Waals surface area contributed by atoms with Crippen molar-refractivity contribution in [3.8, 4) is 0 Å². The molecule has 0 spiro atoms. The molecule has 0 radical (unpaired) electrons. The number of rotatable bonds is 8. The molecule has 0 saturated heterocycles. The molecule has 2 N–H and O–H groups in total. The van der Waals surface area contributed by atoms with Crippen LogP contribution in [-0.4, -0.2) is 28.2 Å². The molecule has 21 heavy (non-hydrogen) atoms. The van der Waals surface area contributed by atoms with Gasteiger partial charge < -0.3 is 10.4 Å². The Kier molecular flexibility index (Phi) is 5.45. The van der Waals surface area contributed by atoms with E-state index in [9.17, 15) is 10.1 Å². The number of non-ortho nitro benzene ring substituents is 1. The second kappa shape index (κ2) is 7.54. The molecule has 0 bridgehead atoms. The molecule has 0 fully saturated rings. The van der Waals surface area contributed by atoms with E-state index >= 15 is 0 Å². The summed E-state index contributed by atoms with van der Waals surface area (Å²) in [6.07, 6.45) is 7.12. The minimum absolute atomic E-state index is 0.0981. The zero-order chi connectivity index (χ0) is 15.1. The SMILES string of the molecule is O=[N+]([O-])c1ccc(NCCCCCCO)c2cnccc12. The van der Waals surface area contributed by atoms with Crippen molar-refractivity contribution < 1.29 is 10.0 Å².